The van der Waals surface area contributed by atoms with Crippen LogP contribution in [0, 0.1) is 6.92 Å². The van der Waals surface area contributed by atoms with Crippen LogP contribution in [-0.4, -0.2) is 17.9 Å². The molecule has 0 saturated carbocycles. The number of carbonyl (C=O) groups is 1. The molecule has 0 heterocycles. The van der Waals surface area contributed by atoms with E-state index in [0.717, 1.165) is 0 Å². The summed E-state index contributed by atoms with van der Waals surface area (Å²) in [7, 11) is 1.32. The van der Waals surface area contributed by atoms with Gasteiger partial charge in [0, 0.05) is 0 Å². The summed E-state index contributed by atoms with van der Waals surface area (Å²) in [6.07, 6.45) is 0. The third-order valence-corrected chi connectivity index (χ3v) is 0.831. The zero-order valence-corrected chi connectivity index (χ0v) is 5.56. The highest BCUT2D eigenvalue weighted by Gasteiger charge is 2.13. The SMILES string of the molecule is [CH2+]C(Br)C(=O)OC. The van der Waals surface area contributed by atoms with E-state index in [9.17, 15) is 4.79 Å². The maximum Gasteiger partial charge on any atom is 0.365 e. The third-order valence-electron chi connectivity index (χ3n) is 0.457. The Morgan fingerprint density at radius 1 is 2.00 bits per heavy atom. The Morgan fingerprint density at radius 3 is 2.43 bits per heavy atom. The fourth-order valence-electron chi connectivity index (χ4n) is 0.128. The van der Waals surface area contributed by atoms with Crippen molar-refractivity contribution in [3.05, 3.63) is 6.92 Å². The summed E-state index contributed by atoms with van der Waals surface area (Å²) in [5.74, 6) is -0.347. The van der Waals surface area contributed by atoms with E-state index in [0.29, 0.717) is 0 Å². The number of carbonyl (C=O) groups excluding carboxylic acids is 1. The van der Waals surface area contributed by atoms with Crippen LogP contribution in [0.4, 0.5) is 0 Å². The predicted molar refractivity (Wildman–Crippen MR) is 30.1 cm³/mol. The van der Waals surface area contributed by atoms with E-state index in [1.807, 2.05) is 0 Å². The molecule has 0 aromatic rings. The lowest BCUT2D eigenvalue weighted by molar-refractivity contribution is -0.138. The number of hydrogen-bond acceptors (Lipinski definition) is 2. The molecule has 0 saturated heterocycles. The molecule has 1 unspecified atom stereocenters. The smallest absolute Gasteiger partial charge is 0.365 e. The summed E-state index contributed by atoms with van der Waals surface area (Å²) in [5.41, 5.74) is 0. The number of esters is 1. The summed E-state index contributed by atoms with van der Waals surface area (Å²) in [4.78, 5) is 9.75. The molecule has 0 rings (SSSR count). The largest absolute Gasteiger partial charge is 0.465 e. The normalized spacial score (nSPS) is 12.9. The molecule has 0 aliphatic carbocycles. The van der Waals surface area contributed by atoms with Crippen LogP contribution in [0.3, 0.4) is 0 Å². The van der Waals surface area contributed by atoms with Crippen molar-refractivity contribution in [1.29, 1.82) is 0 Å². The summed E-state index contributed by atoms with van der Waals surface area (Å²) in [6.45, 7) is 3.35. The van der Waals surface area contributed by atoms with Gasteiger partial charge in [-0.25, -0.2) is 4.79 Å². The monoisotopic (exact) mass is 165 g/mol. The zero-order valence-electron chi connectivity index (χ0n) is 3.98. The first kappa shape index (κ1) is 6.82. The molecule has 3 heteroatoms. The van der Waals surface area contributed by atoms with E-state index < -0.39 is 4.83 Å². The van der Waals surface area contributed by atoms with Crippen LogP contribution in [0.25, 0.3) is 0 Å². The molecule has 0 bridgehead atoms. The number of alkyl halides is 1. The van der Waals surface area contributed by atoms with Crippen molar-refractivity contribution >= 4 is 21.9 Å². The molecule has 0 aromatic carbocycles. The molecule has 0 aliphatic rings. The van der Waals surface area contributed by atoms with Crippen LogP contribution in [-0.2, 0) is 9.53 Å². The fraction of sp³-hybridized carbons (Fsp3) is 0.500. The van der Waals surface area contributed by atoms with Crippen LogP contribution >= 0.6 is 15.9 Å². The second-order valence-corrected chi connectivity index (χ2v) is 2.10. The Morgan fingerprint density at radius 2 is 2.43 bits per heavy atom. The molecule has 7 heavy (non-hydrogen) atoms. The van der Waals surface area contributed by atoms with Crippen molar-refractivity contribution in [3.8, 4) is 0 Å². The van der Waals surface area contributed by atoms with Gasteiger partial charge in [0.25, 0.3) is 0 Å². The highest BCUT2D eigenvalue weighted by atomic mass is 79.9. The number of rotatable bonds is 1. The van der Waals surface area contributed by atoms with Crippen LogP contribution in [0.5, 0.6) is 0 Å². The van der Waals surface area contributed by atoms with Gasteiger partial charge < -0.3 is 4.74 Å². The van der Waals surface area contributed by atoms with E-state index in [4.69, 9.17) is 0 Å². The lowest BCUT2D eigenvalue weighted by Crippen LogP contribution is -2.10. The fourth-order valence-corrected chi connectivity index (χ4v) is 0.315. The summed E-state index contributed by atoms with van der Waals surface area (Å²) < 4.78 is 4.26. The van der Waals surface area contributed by atoms with Crippen molar-refractivity contribution in [2.75, 3.05) is 7.11 Å². The van der Waals surface area contributed by atoms with Crippen LogP contribution in [0.2, 0.25) is 0 Å². The molecule has 0 aliphatic heterocycles. The lowest BCUT2D eigenvalue weighted by Gasteiger charge is -1.90. The maximum atomic E-state index is 10.2. The first-order chi connectivity index (χ1) is 3.18. The Labute approximate surface area is 51.0 Å². The second kappa shape index (κ2) is 2.91. The van der Waals surface area contributed by atoms with Crippen molar-refractivity contribution in [1.82, 2.24) is 0 Å². The van der Waals surface area contributed by atoms with Gasteiger partial charge in [-0.1, -0.05) is 0 Å². The van der Waals surface area contributed by atoms with Crippen LogP contribution in [0.15, 0.2) is 0 Å². The van der Waals surface area contributed by atoms with Crippen molar-refractivity contribution in [2.24, 2.45) is 0 Å². The van der Waals surface area contributed by atoms with E-state index >= 15 is 0 Å². The van der Waals surface area contributed by atoms with E-state index in [2.05, 4.69) is 27.6 Å². The van der Waals surface area contributed by atoms with Gasteiger partial charge >= 0.3 is 5.97 Å². The molecule has 0 radical (unpaired) electrons. The van der Waals surface area contributed by atoms with Crippen molar-refractivity contribution in [2.45, 2.75) is 4.83 Å². The Hall–Kier alpha value is -0.180. The number of hydrogen-bond donors (Lipinski definition) is 0. The molecular weight excluding hydrogens is 160 g/mol. The molecule has 1 atom stereocenters. The lowest BCUT2D eigenvalue weighted by atomic mass is 10.5. The highest BCUT2D eigenvalue weighted by Crippen LogP contribution is 1.96. The summed E-state index contributed by atoms with van der Waals surface area (Å²) in [6, 6.07) is 0. The third kappa shape index (κ3) is 2.51. The average molecular weight is 166 g/mol. The quantitative estimate of drug-likeness (QED) is 0.326. The van der Waals surface area contributed by atoms with Gasteiger partial charge in [-0.05, 0) is 15.9 Å². The van der Waals surface area contributed by atoms with Gasteiger partial charge in [0.15, 0.2) is 0 Å². The molecule has 40 valence electrons. The molecular formula is C4H6BrO2+. The van der Waals surface area contributed by atoms with Gasteiger partial charge in [0.05, 0.1) is 14.0 Å². The molecule has 0 amide bonds. The summed E-state index contributed by atoms with van der Waals surface area (Å²) in [5, 5.41) is 0. The van der Waals surface area contributed by atoms with Gasteiger partial charge in [0.2, 0.25) is 4.83 Å². The topological polar surface area (TPSA) is 26.3 Å². The van der Waals surface area contributed by atoms with Gasteiger partial charge in [-0.15, -0.1) is 0 Å². The van der Waals surface area contributed by atoms with Crippen LogP contribution in [0.1, 0.15) is 0 Å². The Kier molecular flexibility index (Phi) is 2.83. The molecule has 0 spiro atoms. The van der Waals surface area contributed by atoms with Gasteiger partial charge in [-0.3, -0.25) is 0 Å². The number of ether oxygens (including phenoxy) is 1. The van der Waals surface area contributed by atoms with E-state index in [-0.39, 0.29) is 5.97 Å². The molecule has 0 N–H and O–H groups in total. The first-order valence-corrected chi connectivity index (χ1v) is 2.65. The number of methoxy groups -OCH3 is 1. The van der Waals surface area contributed by atoms with Crippen molar-refractivity contribution in [3.63, 3.8) is 0 Å². The zero-order chi connectivity index (χ0) is 5.86. The maximum absolute atomic E-state index is 10.2. The van der Waals surface area contributed by atoms with Crippen molar-refractivity contribution < 1.29 is 9.53 Å². The van der Waals surface area contributed by atoms with Gasteiger partial charge in [-0.2, -0.15) is 0 Å². The minimum absolute atomic E-state index is 0.347. The second-order valence-electron chi connectivity index (χ2n) is 0.991. The predicted octanol–water partition coefficient (Wildman–Crippen LogP) is 0.757. The molecule has 0 aromatic heterocycles. The Balaban J connectivity index is 3.35. The minimum atomic E-state index is -0.433. The standard InChI is InChI=1S/C4H6BrO2/c1-3(5)4(6)7-2/h3H,1H2,2H3/q+1. The highest BCUT2D eigenvalue weighted by molar-refractivity contribution is 9.10. The molecule has 2 nitrogen and oxygen atoms in total. The number of halogens is 1. The van der Waals surface area contributed by atoms with E-state index in [1.165, 1.54) is 7.11 Å². The molecule has 0 fully saturated rings. The van der Waals surface area contributed by atoms with E-state index in [1.54, 1.807) is 0 Å². The Bertz CT molecular complexity index is 70.1. The summed E-state index contributed by atoms with van der Waals surface area (Å²) >= 11 is 2.91. The minimum Gasteiger partial charge on any atom is -0.465 e. The average Bonchev–Trinajstić information content (AvgIpc) is 1.65. The van der Waals surface area contributed by atoms with Gasteiger partial charge in [0.1, 0.15) is 0 Å². The first-order valence-electron chi connectivity index (χ1n) is 1.73. The van der Waals surface area contributed by atoms with Crippen LogP contribution < -0.4 is 0 Å².